The summed E-state index contributed by atoms with van der Waals surface area (Å²) in [5.74, 6) is 0.503. The van der Waals surface area contributed by atoms with Gasteiger partial charge in [0, 0.05) is 6.42 Å². The molecule has 1 aliphatic rings. The van der Waals surface area contributed by atoms with Crippen molar-refractivity contribution in [2.45, 2.75) is 44.1 Å². The van der Waals surface area contributed by atoms with Gasteiger partial charge in [-0.3, -0.25) is 4.79 Å². The van der Waals surface area contributed by atoms with Gasteiger partial charge in [0.25, 0.3) is 0 Å². The summed E-state index contributed by atoms with van der Waals surface area (Å²) < 4.78 is 1.19. The Morgan fingerprint density at radius 2 is 1.96 bits per heavy atom. The predicted octanol–water partition coefficient (Wildman–Crippen LogP) is 3.48. The van der Waals surface area contributed by atoms with Crippen molar-refractivity contribution < 1.29 is 14.7 Å². The van der Waals surface area contributed by atoms with Crippen molar-refractivity contribution in [3.05, 3.63) is 29.3 Å². The maximum atomic E-state index is 12.2. The zero-order chi connectivity index (χ0) is 17.7. The molecule has 0 atom stereocenters. The first-order chi connectivity index (χ1) is 12.1. The number of aromatic nitrogens is 1. The predicted molar refractivity (Wildman–Crippen MR) is 102 cm³/mol. The van der Waals surface area contributed by atoms with Crippen molar-refractivity contribution in [1.29, 1.82) is 0 Å². The molecule has 1 aliphatic heterocycles. The third-order valence-corrected chi connectivity index (χ3v) is 6.60. The Labute approximate surface area is 155 Å². The van der Waals surface area contributed by atoms with Gasteiger partial charge in [0.1, 0.15) is 5.54 Å². The molecule has 1 aromatic heterocycles. The molecule has 2 heterocycles. The van der Waals surface area contributed by atoms with Crippen molar-refractivity contribution in [2.24, 2.45) is 0 Å². The number of hydrogen-bond donors (Lipinski definition) is 2. The van der Waals surface area contributed by atoms with Gasteiger partial charge in [0.15, 0.2) is 0 Å². The molecule has 0 radical (unpaired) electrons. The van der Waals surface area contributed by atoms with Crippen molar-refractivity contribution in [1.82, 2.24) is 10.3 Å². The van der Waals surface area contributed by atoms with Crippen LogP contribution in [0.2, 0.25) is 0 Å². The lowest BCUT2D eigenvalue weighted by atomic mass is 9.92. The maximum Gasteiger partial charge on any atom is 0.329 e. The molecule has 25 heavy (non-hydrogen) atoms. The summed E-state index contributed by atoms with van der Waals surface area (Å²) in [5.41, 5.74) is -0.0335. The topological polar surface area (TPSA) is 79.3 Å². The Hall–Kier alpha value is -1.60. The first kappa shape index (κ1) is 18.2. The molecule has 0 saturated carbocycles. The number of unbranched alkanes of at least 4 members (excludes halogenated alkanes) is 1. The van der Waals surface area contributed by atoms with E-state index in [4.69, 9.17) is 0 Å². The Morgan fingerprint density at radius 1 is 1.20 bits per heavy atom. The number of para-hydroxylation sites is 1. The molecule has 0 bridgehead atoms. The van der Waals surface area contributed by atoms with Crippen LogP contribution in [-0.2, 0) is 16.0 Å². The third-order valence-electron chi connectivity index (χ3n) is 4.52. The molecule has 134 valence electrons. The molecule has 1 saturated heterocycles. The highest BCUT2D eigenvalue weighted by Gasteiger charge is 2.40. The second-order valence-electron chi connectivity index (χ2n) is 6.33. The first-order valence-electron chi connectivity index (χ1n) is 8.56. The van der Waals surface area contributed by atoms with Crippen molar-refractivity contribution >= 4 is 45.2 Å². The lowest BCUT2D eigenvalue weighted by Crippen LogP contribution is -2.56. The average Bonchev–Trinajstić information content (AvgIpc) is 3.02. The molecule has 0 spiro atoms. The number of carbonyl (C=O) groups excluding carboxylic acids is 1. The van der Waals surface area contributed by atoms with Gasteiger partial charge in [-0.2, -0.15) is 11.8 Å². The largest absolute Gasteiger partial charge is 0.480 e. The number of thiazole rings is 1. The third kappa shape index (κ3) is 4.52. The first-order valence-corrected chi connectivity index (χ1v) is 10.5. The number of aryl methyl sites for hydroxylation is 1. The highest BCUT2D eigenvalue weighted by atomic mass is 32.2. The van der Waals surface area contributed by atoms with Crippen LogP contribution in [0, 0.1) is 0 Å². The second-order valence-corrected chi connectivity index (χ2v) is 8.67. The maximum absolute atomic E-state index is 12.2. The lowest BCUT2D eigenvalue weighted by molar-refractivity contribution is -0.148. The van der Waals surface area contributed by atoms with E-state index in [9.17, 15) is 14.7 Å². The zero-order valence-electron chi connectivity index (χ0n) is 14.0. The van der Waals surface area contributed by atoms with Crippen LogP contribution in [0.4, 0.5) is 0 Å². The van der Waals surface area contributed by atoms with Gasteiger partial charge in [0.05, 0.1) is 15.2 Å². The zero-order valence-corrected chi connectivity index (χ0v) is 15.6. The summed E-state index contributed by atoms with van der Waals surface area (Å²) in [7, 11) is 0. The van der Waals surface area contributed by atoms with Crippen LogP contribution in [0.25, 0.3) is 10.2 Å². The molecule has 1 fully saturated rings. The van der Waals surface area contributed by atoms with E-state index >= 15 is 0 Å². The smallest absolute Gasteiger partial charge is 0.329 e. The number of rotatable bonds is 7. The molecular weight excluding hydrogens is 356 g/mol. The summed E-state index contributed by atoms with van der Waals surface area (Å²) >= 11 is 3.44. The summed E-state index contributed by atoms with van der Waals surface area (Å²) in [4.78, 5) is 28.4. The SMILES string of the molecule is O=C(CCCCc1nc2ccccc2s1)NC1(C(=O)O)CCSCC1. The quantitative estimate of drug-likeness (QED) is 0.721. The molecule has 5 nitrogen and oxygen atoms in total. The number of thioether (sulfide) groups is 1. The highest BCUT2D eigenvalue weighted by Crippen LogP contribution is 2.28. The van der Waals surface area contributed by atoms with Gasteiger partial charge in [0.2, 0.25) is 5.91 Å². The number of hydrogen-bond acceptors (Lipinski definition) is 5. The van der Waals surface area contributed by atoms with Crippen LogP contribution < -0.4 is 5.32 Å². The fraction of sp³-hybridized carbons (Fsp3) is 0.500. The van der Waals surface area contributed by atoms with E-state index in [1.807, 2.05) is 18.2 Å². The molecule has 0 aliphatic carbocycles. The van der Waals surface area contributed by atoms with Gasteiger partial charge < -0.3 is 10.4 Å². The van der Waals surface area contributed by atoms with Crippen LogP contribution >= 0.6 is 23.1 Å². The summed E-state index contributed by atoms with van der Waals surface area (Å²) in [6.45, 7) is 0. The molecule has 7 heteroatoms. The van der Waals surface area contributed by atoms with E-state index in [0.717, 1.165) is 41.3 Å². The Kier molecular flexibility index (Phi) is 5.96. The van der Waals surface area contributed by atoms with E-state index in [0.29, 0.717) is 19.3 Å². The van der Waals surface area contributed by atoms with Crippen LogP contribution in [0.1, 0.15) is 37.1 Å². The fourth-order valence-electron chi connectivity index (χ4n) is 3.03. The molecular formula is C18H22N2O3S2. The standard InChI is InChI=1S/C18H22N2O3S2/c21-15(20-18(17(22)23)9-11-24-12-10-18)7-3-4-8-16-19-13-5-1-2-6-14(13)25-16/h1-2,5-6H,3-4,7-12H2,(H,20,21)(H,22,23). The number of fused-ring (bicyclic) bond motifs is 1. The van der Waals surface area contributed by atoms with Crippen LogP contribution in [0.3, 0.4) is 0 Å². The molecule has 1 aromatic carbocycles. The van der Waals surface area contributed by atoms with E-state index in [1.54, 1.807) is 23.1 Å². The Bertz CT molecular complexity index is 721. The van der Waals surface area contributed by atoms with E-state index < -0.39 is 11.5 Å². The van der Waals surface area contributed by atoms with Crippen LogP contribution in [0.5, 0.6) is 0 Å². The van der Waals surface area contributed by atoms with E-state index in [-0.39, 0.29) is 5.91 Å². The summed E-state index contributed by atoms with van der Waals surface area (Å²) in [6, 6.07) is 8.07. The monoisotopic (exact) mass is 378 g/mol. The summed E-state index contributed by atoms with van der Waals surface area (Å²) in [6.07, 6.45) is 3.85. The van der Waals surface area contributed by atoms with E-state index in [1.165, 1.54) is 4.70 Å². The van der Waals surface area contributed by atoms with Gasteiger partial charge in [-0.05, 0) is 55.7 Å². The highest BCUT2D eigenvalue weighted by molar-refractivity contribution is 7.99. The van der Waals surface area contributed by atoms with Crippen molar-refractivity contribution in [2.75, 3.05) is 11.5 Å². The summed E-state index contributed by atoms with van der Waals surface area (Å²) in [5, 5.41) is 13.4. The second kappa shape index (κ2) is 8.19. The molecule has 1 amide bonds. The number of carbonyl (C=O) groups is 2. The minimum Gasteiger partial charge on any atom is -0.480 e. The van der Waals surface area contributed by atoms with Gasteiger partial charge in [-0.15, -0.1) is 11.3 Å². The molecule has 2 aromatic rings. The van der Waals surface area contributed by atoms with Crippen molar-refractivity contribution in [3.63, 3.8) is 0 Å². The minimum absolute atomic E-state index is 0.154. The number of nitrogens with one attached hydrogen (secondary N) is 1. The minimum atomic E-state index is -1.06. The number of amides is 1. The lowest BCUT2D eigenvalue weighted by Gasteiger charge is -2.33. The number of nitrogens with zero attached hydrogens (tertiary/aromatic N) is 1. The van der Waals surface area contributed by atoms with Crippen LogP contribution in [0.15, 0.2) is 24.3 Å². The Balaban J connectivity index is 1.45. The number of carboxylic acids is 1. The van der Waals surface area contributed by atoms with Gasteiger partial charge in [-0.1, -0.05) is 12.1 Å². The molecule has 2 N–H and O–H groups in total. The average molecular weight is 379 g/mol. The Morgan fingerprint density at radius 3 is 2.68 bits per heavy atom. The fourth-order valence-corrected chi connectivity index (χ4v) is 5.23. The number of benzene rings is 1. The molecule has 3 rings (SSSR count). The van der Waals surface area contributed by atoms with Gasteiger partial charge >= 0.3 is 5.97 Å². The number of carboxylic acid groups (broad SMARTS) is 1. The van der Waals surface area contributed by atoms with Crippen molar-refractivity contribution in [3.8, 4) is 0 Å². The van der Waals surface area contributed by atoms with Gasteiger partial charge in [-0.25, -0.2) is 9.78 Å². The van der Waals surface area contributed by atoms with E-state index in [2.05, 4.69) is 16.4 Å². The number of aliphatic carboxylic acids is 1. The van der Waals surface area contributed by atoms with Crippen LogP contribution in [-0.4, -0.2) is 39.0 Å². The normalized spacial score (nSPS) is 16.6. The molecule has 0 unspecified atom stereocenters.